The zero-order valence-electron chi connectivity index (χ0n) is 9.28. The van der Waals surface area contributed by atoms with Crippen molar-refractivity contribution < 1.29 is 8.42 Å². The van der Waals surface area contributed by atoms with Crippen LogP contribution in [0.25, 0.3) is 0 Å². The van der Waals surface area contributed by atoms with Gasteiger partial charge < -0.3 is 5.73 Å². The van der Waals surface area contributed by atoms with Crippen LogP contribution < -0.4 is 10.5 Å². The number of sulfonamides is 1. The molecule has 1 atom stereocenters. The van der Waals surface area contributed by atoms with Gasteiger partial charge in [-0.1, -0.05) is 27.5 Å². The van der Waals surface area contributed by atoms with E-state index in [4.69, 9.17) is 17.3 Å². The summed E-state index contributed by atoms with van der Waals surface area (Å²) >= 11 is 9.10. The van der Waals surface area contributed by atoms with Crippen molar-refractivity contribution in [2.75, 3.05) is 6.54 Å². The van der Waals surface area contributed by atoms with Crippen LogP contribution in [-0.2, 0) is 10.0 Å². The molecule has 3 N–H and O–H groups in total. The van der Waals surface area contributed by atoms with Gasteiger partial charge in [0.1, 0.15) is 4.90 Å². The monoisotopic (exact) mass is 340 g/mol. The Kier molecular flexibility index (Phi) is 5.40. The maximum atomic E-state index is 11.9. The van der Waals surface area contributed by atoms with Crippen LogP contribution in [0.2, 0.25) is 5.02 Å². The molecular weight excluding hydrogens is 328 g/mol. The molecule has 0 amide bonds. The van der Waals surface area contributed by atoms with Crippen LogP contribution in [0.15, 0.2) is 27.6 Å². The molecule has 0 radical (unpaired) electrons. The third kappa shape index (κ3) is 4.56. The summed E-state index contributed by atoms with van der Waals surface area (Å²) in [5.74, 6) is 0. The van der Waals surface area contributed by atoms with Crippen molar-refractivity contribution in [1.82, 2.24) is 4.72 Å². The highest BCUT2D eigenvalue weighted by molar-refractivity contribution is 9.10. The van der Waals surface area contributed by atoms with Crippen LogP contribution >= 0.6 is 27.5 Å². The molecule has 1 rings (SSSR count). The van der Waals surface area contributed by atoms with Crippen molar-refractivity contribution in [2.24, 2.45) is 5.73 Å². The number of rotatable bonds is 5. The SMILES string of the molecule is CC(N)CCNS(=O)(=O)c1ccc(Br)cc1Cl. The van der Waals surface area contributed by atoms with Gasteiger partial charge >= 0.3 is 0 Å². The number of halogens is 2. The van der Waals surface area contributed by atoms with E-state index in [9.17, 15) is 8.42 Å². The summed E-state index contributed by atoms with van der Waals surface area (Å²) in [7, 11) is -3.56. The van der Waals surface area contributed by atoms with Crippen LogP contribution in [0.4, 0.5) is 0 Å². The molecule has 0 aliphatic carbocycles. The fourth-order valence-corrected chi connectivity index (χ4v) is 3.27. The Morgan fingerprint density at radius 1 is 1.53 bits per heavy atom. The first-order valence-corrected chi connectivity index (χ1v) is 7.68. The van der Waals surface area contributed by atoms with Crippen molar-refractivity contribution in [3.8, 4) is 0 Å². The van der Waals surface area contributed by atoms with Crippen molar-refractivity contribution in [2.45, 2.75) is 24.3 Å². The van der Waals surface area contributed by atoms with Gasteiger partial charge in [-0.05, 0) is 31.5 Å². The van der Waals surface area contributed by atoms with Crippen LogP contribution in [0, 0.1) is 0 Å². The van der Waals surface area contributed by atoms with E-state index in [1.54, 1.807) is 12.1 Å². The van der Waals surface area contributed by atoms with Crippen molar-refractivity contribution in [1.29, 1.82) is 0 Å². The van der Waals surface area contributed by atoms with Crippen LogP contribution in [0.5, 0.6) is 0 Å². The molecule has 0 spiro atoms. The number of benzene rings is 1. The lowest BCUT2D eigenvalue weighted by atomic mass is 10.3. The molecule has 0 saturated carbocycles. The fourth-order valence-electron chi connectivity index (χ4n) is 1.19. The Hall–Kier alpha value is -0.140. The molecule has 0 aliphatic rings. The molecular formula is C10H14BrClN2O2S. The minimum absolute atomic E-state index is 0.0434. The maximum absolute atomic E-state index is 11.9. The van der Waals surface area contributed by atoms with Crippen LogP contribution in [-0.4, -0.2) is 21.0 Å². The predicted octanol–water partition coefficient (Wildman–Crippen LogP) is 2.12. The Morgan fingerprint density at radius 2 is 2.18 bits per heavy atom. The second-order valence-corrected chi connectivity index (χ2v) is 6.80. The highest BCUT2D eigenvalue weighted by Gasteiger charge is 2.17. The molecule has 0 aromatic heterocycles. The second-order valence-electron chi connectivity index (χ2n) is 3.74. The summed E-state index contributed by atoms with van der Waals surface area (Å²) in [5, 5.41) is 0.188. The van der Waals surface area contributed by atoms with Crippen LogP contribution in [0.3, 0.4) is 0 Å². The summed E-state index contributed by atoms with van der Waals surface area (Å²) in [6, 6.07) is 4.59. The number of hydrogen-bond acceptors (Lipinski definition) is 3. The number of nitrogens with two attached hydrogens (primary N) is 1. The molecule has 4 nitrogen and oxygen atoms in total. The smallest absolute Gasteiger partial charge is 0.242 e. The van der Waals surface area contributed by atoms with Gasteiger partial charge in [-0.25, -0.2) is 13.1 Å². The minimum atomic E-state index is -3.56. The molecule has 1 aromatic rings. The average Bonchev–Trinajstić information content (AvgIpc) is 2.15. The normalized spacial score (nSPS) is 13.6. The van der Waals surface area contributed by atoms with Crippen molar-refractivity contribution in [3.05, 3.63) is 27.7 Å². The van der Waals surface area contributed by atoms with Gasteiger partial charge in [-0.15, -0.1) is 0 Å². The second kappa shape index (κ2) is 6.15. The molecule has 0 aliphatic heterocycles. The molecule has 96 valence electrons. The molecule has 1 aromatic carbocycles. The van der Waals surface area contributed by atoms with E-state index in [0.717, 1.165) is 4.47 Å². The van der Waals surface area contributed by atoms with E-state index in [1.165, 1.54) is 6.07 Å². The van der Waals surface area contributed by atoms with E-state index in [1.807, 2.05) is 6.92 Å². The van der Waals surface area contributed by atoms with Gasteiger partial charge in [0.05, 0.1) is 5.02 Å². The first-order chi connectivity index (χ1) is 7.83. The average molecular weight is 342 g/mol. The minimum Gasteiger partial charge on any atom is -0.328 e. The Bertz CT molecular complexity index is 491. The summed E-state index contributed by atoms with van der Waals surface area (Å²) in [6.45, 7) is 2.12. The fraction of sp³-hybridized carbons (Fsp3) is 0.400. The summed E-state index contributed by atoms with van der Waals surface area (Å²) in [4.78, 5) is 0.0760. The Morgan fingerprint density at radius 3 is 2.71 bits per heavy atom. The zero-order chi connectivity index (χ0) is 13.1. The third-order valence-corrected chi connectivity index (χ3v) is 4.51. The van der Waals surface area contributed by atoms with E-state index in [-0.39, 0.29) is 16.0 Å². The van der Waals surface area contributed by atoms with Crippen LogP contribution in [0.1, 0.15) is 13.3 Å². The first-order valence-electron chi connectivity index (χ1n) is 5.03. The summed E-state index contributed by atoms with van der Waals surface area (Å²) in [5.41, 5.74) is 5.54. The van der Waals surface area contributed by atoms with E-state index in [2.05, 4.69) is 20.7 Å². The molecule has 1 unspecified atom stereocenters. The zero-order valence-corrected chi connectivity index (χ0v) is 12.4. The Labute approximate surface area is 115 Å². The van der Waals surface area contributed by atoms with Gasteiger partial charge in [0, 0.05) is 17.1 Å². The van der Waals surface area contributed by atoms with E-state index >= 15 is 0 Å². The molecule has 0 bridgehead atoms. The molecule has 0 saturated heterocycles. The van der Waals surface area contributed by atoms with Crippen molar-refractivity contribution in [3.63, 3.8) is 0 Å². The summed E-state index contributed by atoms with van der Waals surface area (Å²) < 4.78 is 27.0. The van der Waals surface area contributed by atoms with Crippen molar-refractivity contribution >= 4 is 37.6 Å². The number of hydrogen-bond donors (Lipinski definition) is 2. The number of nitrogens with one attached hydrogen (secondary N) is 1. The quantitative estimate of drug-likeness (QED) is 0.861. The highest BCUT2D eigenvalue weighted by Crippen LogP contribution is 2.24. The molecule has 0 heterocycles. The molecule has 17 heavy (non-hydrogen) atoms. The largest absolute Gasteiger partial charge is 0.328 e. The van der Waals surface area contributed by atoms with Gasteiger partial charge in [0.2, 0.25) is 10.0 Å². The van der Waals surface area contributed by atoms with E-state index in [0.29, 0.717) is 13.0 Å². The van der Waals surface area contributed by atoms with Gasteiger partial charge in [-0.2, -0.15) is 0 Å². The first kappa shape index (κ1) is 14.9. The van der Waals surface area contributed by atoms with Gasteiger partial charge in [-0.3, -0.25) is 0 Å². The molecule has 0 fully saturated rings. The Balaban J connectivity index is 2.83. The molecule has 7 heteroatoms. The lowest BCUT2D eigenvalue weighted by Crippen LogP contribution is -2.29. The lowest BCUT2D eigenvalue weighted by molar-refractivity contribution is 0.572. The van der Waals surface area contributed by atoms with Gasteiger partial charge in [0.15, 0.2) is 0 Å². The van der Waals surface area contributed by atoms with Gasteiger partial charge in [0.25, 0.3) is 0 Å². The van der Waals surface area contributed by atoms with E-state index < -0.39 is 10.0 Å². The standard InChI is InChI=1S/C10H14BrClN2O2S/c1-7(13)4-5-14-17(15,16)10-3-2-8(11)6-9(10)12/h2-3,6-7,14H,4-5,13H2,1H3. The third-order valence-electron chi connectivity index (χ3n) is 2.08. The topological polar surface area (TPSA) is 72.2 Å². The predicted molar refractivity (Wildman–Crippen MR) is 72.6 cm³/mol. The lowest BCUT2D eigenvalue weighted by Gasteiger charge is -2.09. The highest BCUT2D eigenvalue weighted by atomic mass is 79.9. The maximum Gasteiger partial charge on any atom is 0.242 e. The summed E-state index contributed by atoms with van der Waals surface area (Å²) in [6.07, 6.45) is 0.577.